The zero-order chi connectivity index (χ0) is 31.2. The molecule has 2 amide bonds. The lowest BCUT2D eigenvalue weighted by Gasteiger charge is -2.48. The van der Waals surface area contributed by atoms with Gasteiger partial charge < -0.3 is 19.6 Å². The third-order valence-electron chi connectivity index (χ3n) is 8.69. The van der Waals surface area contributed by atoms with Crippen molar-refractivity contribution in [3.05, 3.63) is 83.7 Å². The summed E-state index contributed by atoms with van der Waals surface area (Å²) in [4.78, 5) is 42.6. The van der Waals surface area contributed by atoms with Gasteiger partial charge in [-0.15, -0.1) is 13.2 Å². The first kappa shape index (κ1) is 29.7. The van der Waals surface area contributed by atoms with Gasteiger partial charge in [0.05, 0.1) is 12.5 Å². The monoisotopic (exact) mass is 610 g/mol. The van der Waals surface area contributed by atoms with Crippen molar-refractivity contribution in [2.24, 2.45) is 5.92 Å². The van der Waals surface area contributed by atoms with Crippen molar-refractivity contribution >= 4 is 23.5 Å². The number of aliphatic carboxylic acids is 1. The number of amides is 2. The van der Waals surface area contributed by atoms with E-state index in [1.54, 1.807) is 23.1 Å². The molecule has 44 heavy (non-hydrogen) atoms. The first-order valence-corrected chi connectivity index (χ1v) is 14.6. The number of carboxylic acid groups (broad SMARTS) is 1. The quantitative estimate of drug-likeness (QED) is 0.275. The molecule has 0 aromatic heterocycles. The van der Waals surface area contributed by atoms with E-state index in [0.717, 1.165) is 54.5 Å². The maximum Gasteiger partial charge on any atom is 0.573 e. The Bertz CT molecular complexity index is 1570. The molecule has 11 heteroatoms. The Morgan fingerprint density at radius 3 is 2.20 bits per heavy atom. The van der Waals surface area contributed by atoms with Crippen molar-refractivity contribution in [3.8, 4) is 16.9 Å². The molecule has 2 aliphatic carbocycles. The molecule has 2 saturated carbocycles. The Morgan fingerprint density at radius 2 is 1.57 bits per heavy atom. The van der Waals surface area contributed by atoms with Crippen molar-refractivity contribution in [1.29, 1.82) is 0 Å². The van der Waals surface area contributed by atoms with Gasteiger partial charge in [0.25, 0.3) is 5.91 Å². The van der Waals surface area contributed by atoms with Crippen molar-refractivity contribution in [3.63, 3.8) is 0 Å². The zero-order valence-corrected chi connectivity index (χ0v) is 23.6. The normalized spacial score (nSPS) is 20.9. The molecule has 0 radical (unpaired) electrons. The second-order valence-corrected chi connectivity index (χ2v) is 11.6. The van der Waals surface area contributed by atoms with Gasteiger partial charge in [-0.2, -0.15) is 0 Å². The van der Waals surface area contributed by atoms with Crippen LogP contribution in [-0.4, -0.2) is 46.2 Å². The number of rotatable bonds is 8. The number of halogens is 4. The Morgan fingerprint density at radius 1 is 0.886 bits per heavy atom. The maximum atomic E-state index is 14.1. The summed E-state index contributed by atoms with van der Waals surface area (Å²) in [5.74, 6) is -2.65. The number of anilines is 1. The minimum absolute atomic E-state index is 0.0340. The highest BCUT2D eigenvalue weighted by molar-refractivity contribution is 6.07. The summed E-state index contributed by atoms with van der Waals surface area (Å²) < 4.78 is 55.8. The van der Waals surface area contributed by atoms with E-state index in [9.17, 15) is 37.1 Å². The lowest BCUT2D eigenvalue weighted by atomic mass is 9.80. The molecule has 230 valence electrons. The number of nitrogens with zero attached hydrogens (tertiary/aromatic N) is 2. The molecule has 1 heterocycles. The molecule has 7 nitrogen and oxygen atoms in total. The highest BCUT2D eigenvalue weighted by Crippen LogP contribution is 2.53. The van der Waals surface area contributed by atoms with Crippen molar-refractivity contribution < 1.29 is 41.8 Å². The van der Waals surface area contributed by atoms with E-state index >= 15 is 0 Å². The van der Waals surface area contributed by atoms with Crippen LogP contribution in [0.5, 0.6) is 5.75 Å². The molecule has 1 aliphatic heterocycles. The largest absolute Gasteiger partial charge is 0.573 e. The molecule has 6 rings (SSSR count). The zero-order valence-electron chi connectivity index (χ0n) is 23.6. The molecule has 3 unspecified atom stereocenters. The fourth-order valence-corrected chi connectivity index (χ4v) is 6.74. The summed E-state index contributed by atoms with van der Waals surface area (Å²) in [7, 11) is 0. The van der Waals surface area contributed by atoms with Crippen molar-refractivity contribution in [1.82, 2.24) is 4.90 Å². The van der Waals surface area contributed by atoms with E-state index in [2.05, 4.69) is 4.74 Å². The number of hydrogen-bond acceptors (Lipinski definition) is 4. The van der Waals surface area contributed by atoms with Gasteiger partial charge in [0.15, 0.2) is 0 Å². The van der Waals surface area contributed by atoms with E-state index in [-0.39, 0.29) is 54.0 Å². The molecule has 3 atom stereocenters. The summed E-state index contributed by atoms with van der Waals surface area (Å²) in [6.07, 6.45) is -1.49. The summed E-state index contributed by atoms with van der Waals surface area (Å²) in [5.41, 5.74) is 3.01. The topological polar surface area (TPSA) is 87.2 Å². The maximum absolute atomic E-state index is 14.1. The second-order valence-electron chi connectivity index (χ2n) is 11.6. The molecule has 3 aromatic rings. The number of carboxylic acids is 1. The fourth-order valence-electron chi connectivity index (χ4n) is 6.74. The van der Waals surface area contributed by atoms with Gasteiger partial charge in [-0.25, -0.2) is 4.39 Å². The lowest BCUT2D eigenvalue weighted by molar-refractivity contribution is -0.274. The number of carbonyl (C=O) groups is 3. The van der Waals surface area contributed by atoms with Crippen LogP contribution in [0.2, 0.25) is 0 Å². The Balaban J connectivity index is 1.44. The smallest absolute Gasteiger partial charge is 0.481 e. The summed E-state index contributed by atoms with van der Waals surface area (Å²) in [6, 6.07) is 15.7. The highest BCUT2D eigenvalue weighted by atomic mass is 19.4. The summed E-state index contributed by atoms with van der Waals surface area (Å²) in [5, 5.41) is 9.27. The van der Waals surface area contributed by atoms with Crippen LogP contribution in [-0.2, 0) is 9.59 Å². The number of alkyl halides is 3. The predicted octanol–water partition coefficient (Wildman–Crippen LogP) is 7.12. The number of hydrogen-bond donors (Lipinski definition) is 1. The summed E-state index contributed by atoms with van der Waals surface area (Å²) >= 11 is 0. The third-order valence-corrected chi connectivity index (χ3v) is 8.69. The minimum atomic E-state index is -4.86. The van der Waals surface area contributed by atoms with Gasteiger partial charge in [0.1, 0.15) is 11.6 Å². The number of carbonyl (C=O) groups excluding carboxylic acids is 2. The molecule has 3 aromatic carbocycles. The highest BCUT2D eigenvalue weighted by Gasteiger charge is 2.51. The molecular weight excluding hydrogens is 580 g/mol. The standard InChI is InChI=1S/C33H30F4N2O5/c34-22-9-4-19(5-10-22)21-8-15-28-26(18-21)31(38(23-11-12-23)29(40)16-17-30(41)42)25-2-1-3-27(25)39(28)32(43)20-6-13-24(14-7-20)44-33(35,36)37/h4-10,13-15,18,23,25,27,31H,1-3,11-12,16-17H2,(H,41,42). The first-order valence-electron chi connectivity index (χ1n) is 14.6. The van der Waals surface area contributed by atoms with Gasteiger partial charge in [-0.1, -0.05) is 24.6 Å². The van der Waals surface area contributed by atoms with Crippen LogP contribution in [0.4, 0.5) is 23.2 Å². The van der Waals surface area contributed by atoms with Gasteiger partial charge >= 0.3 is 12.3 Å². The van der Waals surface area contributed by atoms with Gasteiger partial charge in [0.2, 0.25) is 5.91 Å². The Kier molecular flexibility index (Phi) is 7.81. The van der Waals surface area contributed by atoms with Crippen LogP contribution < -0.4 is 9.64 Å². The van der Waals surface area contributed by atoms with Crippen LogP contribution in [0.25, 0.3) is 11.1 Å². The van der Waals surface area contributed by atoms with Gasteiger partial charge in [0, 0.05) is 35.7 Å². The van der Waals surface area contributed by atoms with Crippen molar-refractivity contribution in [2.75, 3.05) is 4.90 Å². The molecule has 3 aliphatic rings. The number of fused-ring (bicyclic) bond motifs is 2. The fraction of sp³-hybridized carbons (Fsp3) is 0.364. The number of benzene rings is 3. The molecule has 2 fully saturated rings. The Labute approximate surface area is 251 Å². The second kappa shape index (κ2) is 11.6. The van der Waals surface area contributed by atoms with Crippen LogP contribution in [0.15, 0.2) is 66.7 Å². The van der Waals surface area contributed by atoms with E-state index < -0.39 is 24.1 Å². The summed E-state index contributed by atoms with van der Waals surface area (Å²) in [6.45, 7) is 0. The minimum Gasteiger partial charge on any atom is -0.481 e. The molecule has 0 spiro atoms. The SMILES string of the molecule is O=C(O)CCC(=O)N(C1CC1)C1c2cc(-c3ccc(F)cc3)ccc2N(C(=O)c2ccc(OC(F)(F)F)cc2)C2CCCC21. The molecule has 0 saturated heterocycles. The average molecular weight is 611 g/mol. The van der Waals surface area contributed by atoms with E-state index in [4.69, 9.17) is 0 Å². The number of ether oxygens (including phenoxy) is 1. The first-order chi connectivity index (χ1) is 21.0. The van der Waals surface area contributed by atoms with E-state index in [1.165, 1.54) is 24.3 Å². The van der Waals surface area contributed by atoms with Gasteiger partial charge in [-0.3, -0.25) is 14.4 Å². The lowest BCUT2D eigenvalue weighted by Crippen LogP contribution is -2.53. The van der Waals surface area contributed by atoms with Gasteiger partial charge in [-0.05, 0) is 90.9 Å². The Hall–Kier alpha value is -4.41. The molecule has 0 bridgehead atoms. The van der Waals surface area contributed by atoms with E-state index in [1.807, 2.05) is 17.0 Å². The third kappa shape index (κ3) is 6.00. The average Bonchev–Trinajstić information content (AvgIpc) is 3.70. The molecule has 1 N–H and O–H groups in total. The molecular formula is C33H30F4N2O5. The van der Waals surface area contributed by atoms with Crippen LogP contribution in [0.3, 0.4) is 0 Å². The van der Waals surface area contributed by atoms with Crippen LogP contribution >= 0.6 is 0 Å². The predicted molar refractivity (Wildman–Crippen MR) is 152 cm³/mol. The van der Waals surface area contributed by atoms with Crippen molar-refractivity contribution in [2.45, 2.75) is 69.4 Å². The van der Waals surface area contributed by atoms with Crippen LogP contribution in [0, 0.1) is 11.7 Å². The van der Waals surface area contributed by atoms with E-state index in [0.29, 0.717) is 12.1 Å². The van der Waals surface area contributed by atoms with Crippen LogP contribution in [0.1, 0.15) is 66.9 Å².